The van der Waals surface area contributed by atoms with Crippen LogP contribution in [-0.4, -0.2) is 28.2 Å². The molecule has 0 aliphatic heterocycles. The van der Waals surface area contributed by atoms with Crippen LogP contribution in [0.25, 0.3) is 0 Å². The van der Waals surface area contributed by atoms with Crippen molar-refractivity contribution in [2.75, 3.05) is 13.2 Å². The number of aliphatic hydroxyl groups is 1. The molecule has 2 rings (SSSR count). The van der Waals surface area contributed by atoms with Crippen molar-refractivity contribution in [3.63, 3.8) is 0 Å². The first-order chi connectivity index (χ1) is 9.17. The third kappa shape index (κ3) is 3.51. The number of nitrogens with zero attached hydrogens (tertiary/aromatic N) is 2. The monoisotopic (exact) mass is 263 g/mol. The SMILES string of the molecule is Cc1nccnc1C(C)NCC1(CO)CCCCC1. The van der Waals surface area contributed by atoms with E-state index in [0.717, 1.165) is 30.8 Å². The highest BCUT2D eigenvalue weighted by molar-refractivity contribution is 5.12. The first kappa shape index (κ1) is 14.4. The Morgan fingerprint density at radius 3 is 2.58 bits per heavy atom. The van der Waals surface area contributed by atoms with Crippen molar-refractivity contribution in [2.45, 2.75) is 52.0 Å². The number of aromatic nitrogens is 2. The van der Waals surface area contributed by atoms with Crippen molar-refractivity contribution in [3.8, 4) is 0 Å². The van der Waals surface area contributed by atoms with Crippen LogP contribution >= 0.6 is 0 Å². The van der Waals surface area contributed by atoms with E-state index >= 15 is 0 Å². The van der Waals surface area contributed by atoms with Crippen LogP contribution in [0.4, 0.5) is 0 Å². The zero-order chi connectivity index (χ0) is 13.7. The molecule has 1 aliphatic carbocycles. The third-order valence-electron chi connectivity index (χ3n) is 4.36. The van der Waals surface area contributed by atoms with E-state index < -0.39 is 0 Å². The van der Waals surface area contributed by atoms with Crippen LogP contribution in [0.5, 0.6) is 0 Å². The maximum absolute atomic E-state index is 9.71. The maximum Gasteiger partial charge on any atom is 0.0782 e. The smallest absolute Gasteiger partial charge is 0.0782 e. The standard InChI is InChI=1S/C15H25N3O/c1-12-14(17-9-8-16-12)13(2)18-10-15(11-19)6-4-3-5-7-15/h8-9,13,18-19H,3-7,10-11H2,1-2H3. The van der Waals surface area contributed by atoms with Crippen LogP contribution in [0.2, 0.25) is 0 Å². The van der Waals surface area contributed by atoms with Crippen LogP contribution < -0.4 is 5.32 Å². The van der Waals surface area contributed by atoms with Crippen LogP contribution in [-0.2, 0) is 0 Å². The summed E-state index contributed by atoms with van der Waals surface area (Å²) in [5, 5.41) is 13.3. The molecule has 0 bridgehead atoms. The molecule has 0 aromatic carbocycles. The van der Waals surface area contributed by atoms with Crippen LogP contribution in [0.1, 0.15) is 56.5 Å². The molecule has 106 valence electrons. The van der Waals surface area contributed by atoms with Gasteiger partial charge in [0.1, 0.15) is 0 Å². The number of hydrogen-bond acceptors (Lipinski definition) is 4. The van der Waals surface area contributed by atoms with Crippen LogP contribution in [0.15, 0.2) is 12.4 Å². The highest BCUT2D eigenvalue weighted by atomic mass is 16.3. The molecule has 0 saturated heterocycles. The van der Waals surface area contributed by atoms with Gasteiger partial charge in [-0.05, 0) is 26.7 Å². The van der Waals surface area contributed by atoms with Gasteiger partial charge >= 0.3 is 0 Å². The van der Waals surface area contributed by atoms with Gasteiger partial charge in [0, 0.05) is 37.0 Å². The summed E-state index contributed by atoms with van der Waals surface area (Å²) in [5.74, 6) is 0. The highest BCUT2D eigenvalue weighted by Crippen LogP contribution is 2.35. The lowest BCUT2D eigenvalue weighted by atomic mass is 9.74. The van der Waals surface area contributed by atoms with Crippen molar-refractivity contribution >= 4 is 0 Å². The van der Waals surface area contributed by atoms with Gasteiger partial charge in [0.15, 0.2) is 0 Å². The summed E-state index contributed by atoms with van der Waals surface area (Å²) in [6.07, 6.45) is 9.50. The van der Waals surface area contributed by atoms with E-state index in [1.54, 1.807) is 12.4 Å². The van der Waals surface area contributed by atoms with Crippen molar-refractivity contribution < 1.29 is 5.11 Å². The molecule has 1 heterocycles. The first-order valence-electron chi connectivity index (χ1n) is 7.29. The largest absolute Gasteiger partial charge is 0.396 e. The Labute approximate surface area is 115 Å². The Morgan fingerprint density at radius 1 is 1.26 bits per heavy atom. The second-order valence-electron chi connectivity index (χ2n) is 5.85. The van der Waals surface area contributed by atoms with Crippen molar-refractivity contribution in [1.82, 2.24) is 15.3 Å². The molecule has 19 heavy (non-hydrogen) atoms. The van der Waals surface area contributed by atoms with E-state index in [2.05, 4.69) is 22.2 Å². The summed E-state index contributed by atoms with van der Waals surface area (Å²) < 4.78 is 0. The van der Waals surface area contributed by atoms with Gasteiger partial charge in [-0.1, -0.05) is 19.3 Å². The molecule has 1 saturated carbocycles. The van der Waals surface area contributed by atoms with Crippen molar-refractivity contribution in [1.29, 1.82) is 0 Å². The minimum atomic E-state index is 0.0720. The number of aryl methyl sites for hydroxylation is 1. The topological polar surface area (TPSA) is 58.0 Å². The lowest BCUT2D eigenvalue weighted by Crippen LogP contribution is -2.40. The maximum atomic E-state index is 9.71. The van der Waals surface area contributed by atoms with Gasteiger partial charge in [-0.2, -0.15) is 0 Å². The Balaban J connectivity index is 1.95. The van der Waals surface area contributed by atoms with E-state index in [-0.39, 0.29) is 18.1 Å². The van der Waals surface area contributed by atoms with Gasteiger partial charge in [-0.15, -0.1) is 0 Å². The normalized spacial score (nSPS) is 20.2. The van der Waals surface area contributed by atoms with Gasteiger partial charge in [0.05, 0.1) is 11.4 Å². The summed E-state index contributed by atoms with van der Waals surface area (Å²) in [6, 6.07) is 0.180. The number of aliphatic hydroxyl groups excluding tert-OH is 1. The number of rotatable bonds is 5. The van der Waals surface area contributed by atoms with Gasteiger partial charge in [-0.25, -0.2) is 0 Å². The summed E-state index contributed by atoms with van der Waals surface area (Å²) in [4.78, 5) is 8.68. The minimum Gasteiger partial charge on any atom is -0.396 e. The zero-order valence-corrected chi connectivity index (χ0v) is 12.0. The van der Waals surface area contributed by atoms with E-state index in [1.165, 1.54) is 19.3 Å². The molecule has 1 atom stereocenters. The molecule has 1 aliphatic rings. The molecule has 1 aromatic rings. The fourth-order valence-corrected chi connectivity index (χ4v) is 3.00. The predicted molar refractivity (Wildman–Crippen MR) is 75.8 cm³/mol. The fourth-order valence-electron chi connectivity index (χ4n) is 3.00. The molecule has 4 heteroatoms. The molecule has 4 nitrogen and oxygen atoms in total. The lowest BCUT2D eigenvalue weighted by molar-refractivity contribution is 0.0787. The second kappa shape index (κ2) is 6.44. The molecule has 0 spiro atoms. The fraction of sp³-hybridized carbons (Fsp3) is 0.733. The van der Waals surface area contributed by atoms with E-state index in [1.807, 2.05) is 6.92 Å². The van der Waals surface area contributed by atoms with Gasteiger partial charge in [0.2, 0.25) is 0 Å². The summed E-state index contributed by atoms with van der Waals surface area (Å²) >= 11 is 0. The summed E-state index contributed by atoms with van der Waals surface area (Å²) in [6.45, 7) is 5.25. The molecule has 2 N–H and O–H groups in total. The average molecular weight is 263 g/mol. The molecule has 1 fully saturated rings. The Morgan fingerprint density at radius 2 is 1.95 bits per heavy atom. The Bertz CT molecular complexity index is 402. The van der Waals surface area contributed by atoms with Crippen molar-refractivity contribution in [3.05, 3.63) is 23.8 Å². The quantitative estimate of drug-likeness (QED) is 0.856. The summed E-state index contributed by atoms with van der Waals surface area (Å²) in [5.41, 5.74) is 2.05. The number of hydrogen-bond donors (Lipinski definition) is 2. The average Bonchev–Trinajstić information content (AvgIpc) is 2.46. The zero-order valence-electron chi connectivity index (χ0n) is 12.0. The van der Waals surface area contributed by atoms with E-state index in [9.17, 15) is 5.11 Å². The van der Waals surface area contributed by atoms with Crippen LogP contribution in [0.3, 0.4) is 0 Å². The highest BCUT2D eigenvalue weighted by Gasteiger charge is 2.31. The van der Waals surface area contributed by atoms with E-state index in [4.69, 9.17) is 0 Å². The van der Waals surface area contributed by atoms with Crippen molar-refractivity contribution in [2.24, 2.45) is 5.41 Å². The third-order valence-corrected chi connectivity index (χ3v) is 4.36. The minimum absolute atomic E-state index is 0.0720. The predicted octanol–water partition coefficient (Wildman–Crippen LogP) is 2.38. The number of nitrogens with one attached hydrogen (secondary N) is 1. The molecule has 0 radical (unpaired) electrons. The lowest BCUT2D eigenvalue weighted by Gasteiger charge is -2.36. The van der Waals surface area contributed by atoms with Crippen LogP contribution in [0, 0.1) is 12.3 Å². The van der Waals surface area contributed by atoms with E-state index in [0.29, 0.717) is 0 Å². The molecule has 1 aromatic heterocycles. The molecular weight excluding hydrogens is 238 g/mol. The Hall–Kier alpha value is -1.00. The molecular formula is C15H25N3O. The van der Waals surface area contributed by atoms with Gasteiger partial charge < -0.3 is 10.4 Å². The first-order valence-corrected chi connectivity index (χ1v) is 7.29. The molecule has 0 amide bonds. The Kier molecular flexibility index (Phi) is 4.88. The van der Waals surface area contributed by atoms with Gasteiger partial charge in [-0.3, -0.25) is 9.97 Å². The summed E-state index contributed by atoms with van der Waals surface area (Å²) in [7, 11) is 0. The van der Waals surface area contributed by atoms with Gasteiger partial charge in [0.25, 0.3) is 0 Å². The molecule has 1 unspecified atom stereocenters. The second-order valence-corrected chi connectivity index (χ2v) is 5.85.